The van der Waals surface area contributed by atoms with Crippen molar-refractivity contribution in [2.75, 3.05) is 11.9 Å². The standard InChI is InChI=1S/C28H45Cl2N5O4Si/c1-9-22-25(19(2)34-35(22)18-38-15-16-40(6,7)8)20-13-14-24(31-17-20)33-26(36)21(11-10-12-23(29)30)32-27(37)39-28(3,4)5/h13-14,17,21,23H,9-12,15-16,18H2,1-8H3,(H,32,37)(H,31,33,36). The third-order valence-corrected chi connectivity index (χ3v) is 8.14. The summed E-state index contributed by atoms with van der Waals surface area (Å²) in [6.45, 7) is 17.5. The lowest BCUT2D eigenvalue weighted by Gasteiger charge is -2.23. The van der Waals surface area contributed by atoms with Gasteiger partial charge in [-0.25, -0.2) is 14.5 Å². The number of carbonyl (C=O) groups excluding carboxylic acids is 2. The van der Waals surface area contributed by atoms with E-state index in [4.69, 9.17) is 37.8 Å². The van der Waals surface area contributed by atoms with Crippen molar-refractivity contribution in [1.82, 2.24) is 20.1 Å². The predicted octanol–water partition coefficient (Wildman–Crippen LogP) is 6.93. The fourth-order valence-electron chi connectivity index (χ4n) is 4.02. The number of aryl methyl sites for hydroxylation is 1. The number of hydrogen-bond donors (Lipinski definition) is 2. The maximum atomic E-state index is 13.1. The van der Waals surface area contributed by atoms with E-state index in [1.54, 1.807) is 33.0 Å². The average Bonchev–Trinajstić information content (AvgIpc) is 3.14. The Morgan fingerprint density at radius 1 is 1.15 bits per heavy atom. The highest BCUT2D eigenvalue weighted by Gasteiger charge is 2.25. The minimum atomic E-state index is -1.16. The van der Waals surface area contributed by atoms with Gasteiger partial charge in [-0.2, -0.15) is 5.10 Å². The summed E-state index contributed by atoms with van der Waals surface area (Å²) in [5.74, 6) is -0.0319. The molecule has 9 nitrogen and oxygen atoms in total. The number of hydrogen-bond acceptors (Lipinski definition) is 6. The molecule has 0 radical (unpaired) electrons. The molecule has 0 spiro atoms. The minimum absolute atomic E-state index is 0.345. The monoisotopic (exact) mass is 613 g/mol. The maximum Gasteiger partial charge on any atom is 0.408 e. The van der Waals surface area contributed by atoms with Crippen molar-refractivity contribution in [3.05, 3.63) is 29.7 Å². The van der Waals surface area contributed by atoms with Crippen LogP contribution in [-0.2, 0) is 27.4 Å². The lowest BCUT2D eigenvalue weighted by molar-refractivity contribution is -0.118. The van der Waals surface area contributed by atoms with Gasteiger partial charge in [0.15, 0.2) is 0 Å². The van der Waals surface area contributed by atoms with Gasteiger partial charge < -0.3 is 20.1 Å². The molecule has 2 aromatic heterocycles. The highest BCUT2D eigenvalue weighted by Crippen LogP contribution is 2.28. The number of nitrogens with zero attached hydrogens (tertiary/aromatic N) is 3. The van der Waals surface area contributed by atoms with Crippen LogP contribution in [0.1, 0.15) is 58.3 Å². The summed E-state index contributed by atoms with van der Waals surface area (Å²) in [5, 5.41) is 10.2. The zero-order valence-electron chi connectivity index (χ0n) is 25.1. The Hall–Kier alpha value is -2.14. The summed E-state index contributed by atoms with van der Waals surface area (Å²) in [7, 11) is -1.16. The highest BCUT2D eigenvalue weighted by atomic mass is 35.5. The van der Waals surface area contributed by atoms with Crippen molar-refractivity contribution >= 4 is 49.1 Å². The molecule has 2 rings (SSSR count). The van der Waals surface area contributed by atoms with E-state index < -0.39 is 36.6 Å². The van der Waals surface area contributed by atoms with Gasteiger partial charge in [0.1, 0.15) is 29.0 Å². The second-order valence-corrected chi connectivity index (χ2v) is 18.9. The molecule has 0 aliphatic carbocycles. The van der Waals surface area contributed by atoms with Crippen LogP contribution in [0, 0.1) is 6.92 Å². The van der Waals surface area contributed by atoms with E-state index in [2.05, 4.69) is 42.2 Å². The molecule has 0 aliphatic rings. The van der Waals surface area contributed by atoms with Gasteiger partial charge in [-0.05, 0) is 71.6 Å². The predicted molar refractivity (Wildman–Crippen MR) is 165 cm³/mol. The van der Waals surface area contributed by atoms with Gasteiger partial charge >= 0.3 is 6.09 Å². The molecule has 0 bridgehead atoms. The van der Waals surface area contributed by atoms with Crippen LogP contribution in [0.15, 0.2) is 18.3 Å². The van der Waals surface area contributed by atoms with E-state index in [1.165, 1.54) is 0 Å². The smallest absolute Gasteiger partial charge is 0.408 e. The van der Waals surface area contributed by atoms with Crippen LogP contribution in [0.2, 0.25) is 25.7 Å². The fourth-order valence-corrected chi connectivity index (χ4v) is 5.09. The molecule has 12 heteroatoms. The Morgan fingerprint density at radius 3 is 2.40 bits per heavy atom. The van der Waals surface area contributed by atoms with Gasteiger partial charge in [0.2, 0.25) is 5.91 Å². The zero-order valence-corrected chi connectivity index (χ0v) is 27.6. The number of pyridine rings is 1. The molecule has 40 heavy (non-hydrogen) atoms. The van der Waals surface area contributed by atoms with E-state index in [-0.39, 0.29) is 0 Å². The summed E-state index contributed by atoms with van der Waals surface area (Å²) in [4.78, 5) is 29.4. The summed E-state index contributed by atoms with van der Waals surface area (Å²) in [5.41, 5.74) is 3.19. The Bertz CT molecular complexity index is 1110. The maximum absolute atomic E-state index is 13.1. The van der Waals surface area contributed by atoms with Crippen molar-refractivity contribution in [1.29, 1.82) is 0 Å². The Kier molecular flexibility index (Phi) is 12.9. The first-order valence-corrected chi connectivity index (χ1v) is 18.4. The van der Waals surface area contributed by atoms with Crippen molar-refractivity contribution in [3.8, 4) is 11.1 Å². The Labute approximate surface area is 249 Å². The van der Waals surface area contributed by atoms with E-state index >= 15 is 0 Å². The molecule has 1 unspecified atom stereocenters. The molecule has 2 aromatic rings. The lowest BCUT2D eigenvalue weighted by Crippen LogP contribution is -2.45. The number of carbonyl (C=O) groups is 2. The van der Waals surface area contributed by atoms with Crippen molar-refractivity contribution in [2.45, 2.75) is 109 Å². The summed E-state index contributed by atoms with van der Waals surface area (Å²) in [6, 6.07) is 3.92. The number of ether oxygens (including phenoxy) is 2. The quantitative estimate of drug-likeness (QED) is 0.136. The van der Waals surface area contributed by atoms with Gasteiger partial charge in [0, 0.05) is 37.7 Å². The van der Waals surface area contributed by atoms with Crippen LogP contribution in [0.25, 0.3) is 11.1 Å². The normalized spacial score (nSPS) is 12.9. The van der Waals surface area contributed by atoms with Gasteiger partial charge in [-0.15, -0.1) is 23.2 Å². The first-order chi connectivity index (χ1) is 18.6. The molecule has 0 aliphatic heterocycles. The van der Waals surface area contributed by atoms with Crippen LogP contribution in [0.3, 0.4) is 0 Å². The van der Waals surface area contributed by atoms with Crippen LogP contribution in [0.4, 0.5) is 10.6 Å². The van der Waals surface area contributed by atoms with Crippen molar-refractivity contribution in [2.24, 2.45) is 0 Å². The van der Waals surface area contributed by atoms with E-state index in [0.29, 0.717) is 31.8 Å². The van der Waals surface area contributed by atoms with Crippen LogP contribution >= 0.6 is 23.2 Å². The number of amides is 2. The Balaban J connectivity index is 2.13. The van der Waals surface area contributed by atoms with E-state index in [9.17, 15) is 9.59 Å². The number of anilines is 1. The molecule has 0 aromatic carbocycles. The Morgan fingerprint density at radius 2 is 1.85 bits per heavy atom. The van der Waals surface area contributed by atoms with Gasteiger partial charge in [0.05, 0.1) is 5.69 Å². The number of alkyl halides is 2. The fraction of sp³-hybridized carbons (Fsp3) is 0.643. The number of aromatic nitrogens is 3. The molecular weight excluding hydrogens is 569 g/mol. The first-order valence-electron chi connectivity index (χ1n) is 13.8. The zero-order chi connectivity index (χ0) is 30.1. The van der Waals surface area contributed by atoms with Crippen molar-refractivity contribution in [3.63, 3.8) is 0 Å². The van der Waals surface area contributed by atoms with Crippen LogP contribution in [-0.4, -0.2) is 57.9 Å². The second kappa shape index (κ2) is 15.2. The van der Waals surface area contributed by atoms with Crippen LogP contribution in [0.5, 0.6) is 0 Å². The average molecular weight is 615 g/mol. The molecule has 224 valence electrons. The largest absolute Gasteiger partial charge is 0.444 e. The van der Waals surface area contributed by atoms with Gasteiger partial charge in [0.25, 0.3) is 0 Å². The number of alkyl carbamates (subject to hydrolysis) is 1. The van der Waals surface area contributed by atoms with Crippen molar-refractivity contribution < 1.29 is 19.1 Å². The molecular formula is C28H45Cl2N5O4Si. The number of halogens is 2. The van der Waals surface area contributed by atoms with Gasteiger partial charge in [-0.1, -0.05) is 26.6 Å². The van der Waals surface area contributed by atoms with E-state index in [1.807, 2.05) is 17.7 Å². The number of nitrogens with one attached hydrogen (secondary N) is 2. The lowest BCUT2D eigenvalue weighted by atomic mass is 10.0. The van der Waals surface area contributed by atoms with E-state index in [0.717, 1.165) is 41.6 Å². The number of rotatable bonds is 14. The summed E-state index contributed by atoms with van der Waals surface area (Å²) in [6.07, 6.45) is 3.21. The molecule has 1 atom stereocenters. The summed E-state index contributed by atoms with van der Waals surface area (Å²) >= 11 is 11.7. The van der Waals surface area contributed by atoms with Crippen LogP contribution < -0.4 is 10.6 Å². The highest BCUT2D eigenvalue weighted by molar-refractivity contribution is 6.76. The molecule has 2 N–H and O–H groups in total. The second-order valence-electron chi connectivity index (χ2n) is 12.1. The molecule has 0 fully saturated rings. The molecule has 0 saturated carbocycles. The summed E-state index contributed by atoms with van der Waals surface area (Å²) < 4.78 is 13.2. The molecule has 2 heterocycles. The topological polar surface area (TPSA) is 107 Å². The molecule has 2 amide bonds. The molecule has 0 saturated heterocycles. The third kappa shape index (κ3) is 11.8. The minimum Gasteiger partial charge on any atom is -0.444 e. The SMILES string of the molecule is CCc1c(-c2ccc(NC(=O)C(CCCC(Cl)Cl)NC(=O)OC(C)(C)C)nc2)c(C)nn1COCC[Si](C)(C)C. The third-order valence-electron chi connectivity index (χ3n) is 6.00. The van der Waals surface area contributed by atoms with Gasteiger partial charge in [-0.3, -0.25) is 4.79 Å². The first kappa shape index (κ1) is 34.1.